The second kappa shape index (κ2) is 2.58. The van der Waals surface area contributed by atoms with Gasteiger partial charge in [-0.2, -0.15) is 0 Å². The van der Waals surface area contributed by atoms with E-state index in [2.05, 4.69) is 0 Å². The summed E-state index contributed by atoms with van der Waals surface area (Å²) < 4.78 is 5.16. The fourth-order valence-corrected chi connectivity index (χ4v) is 1.24. The number of ether oxygens (including phenoxy) is 1. The van der Waals surface area contributed by atoms with Gasteiger partial charge < -0.3 is 9.84 Å². The van der Waals surface area contributed by atoms with E-state index in [0.717, 1.165) is 0 Å². The lowest BCUT2D eigenvalue weighted by Crippen LogP contribution is -2.04. The van der Waals surface area contributed by atoms with E-state index in [1.165, 1.54) is 0 Å². The van der Waals surface area contributed by atoms with Gasteiger partial charge in [-0.1, -0.05) is 6.92 Å². The molecule has 0 radical (unpaired) electrons. The van der Waals surface area contributed by atoms with Crippen molar-refractivity contribution in [3.63, 3.8) is 0 Å². The van der Waals surface area contributed by atoms with E-state index in [9.17, 15) is 4.79 Å². The molecule has 1 aliphatic carbocycles. The Kier molecular flexibility index (Phi) is 1.94. The van der Waals surface area contributed by atoms with Gasteiger partial charge in [0.1, 0.15) is 0 Å². The molecule has 0 heterocycles. The summed E-state index contributed by atoms with van der Waals surface area (Å²) >= 11 is 0. The lowest BCUT2D eigenvalue weighted by atomic mass is 10.3. The van der Waals surface area contributed by atoms with Gasteiger partial charge >= 0.3 is 5.97 Å². The maximum Gasteiger partial charge on any atom is 0.309 e. The van der Waals surface area contributed by atoms with E-state index in [0.29, 0.717) is 6.61 Å². The third-order valence-electron chi connectivity index (χ3n) is 1.94. The molecule has 0 bridgehead atoms. The molecule has 1 N–H and O–H groups in total. The SMILES string of the molecule is CCO[C@@H]1[C@H](C)[C@@H]1C(=O)O. The molecule has 0 aromatic carbocycles. The quantitative estimate of drug-likeness (QED) is 0.635. The van der Waals surface area contributed by atoms with Crippen molar-refractivity contribution < 1.29 is 14.6 Å². The van der Waals surface area contributed by atoms with Crippen LogP contribution in [0.4, 0.5) is 0 Å². The molecule has 0 aliphatic heterocycles. The summed E-state index contributed by atoms with van der Waals surface area (Å²) in [6.07, 6.45) is -0.0255. The van der Waals surface area contributed by atoms with Gasteiger partial charge in [0.15, 0.2) is 0 Å². The van der Waals surface area contributed by atoms with Gasteiger partial charge in [-0.25, -0.2) is 0 Å². The second-order valence-electron chi connectivity index (χ2n) is 2.64. The molecule has 0 aromatic rings. The molecule has 1 aliphatic rings. The largest absolute Gasteiger partial charge is 0.481 e. The van der Waals surface area contributed by atoms with Gasteiger partial charge in [0.05, 0.1) is 12.0 Å². The van der Waals surface area contributed by atoms with Crippen LogP contribution in [0.5, 0.6) is 0 Å². The maximum absolute atomic E-state index is 10.4. The minimum absolute atomic E-state index is 0.0255. The standard InChI is InChI=1S/C7H12O3/c1-3-10-6-4(2)5(6)7(8)9/h4-6H,3H2,1-2H3,(H,8,9)/t4-,5+,6-/m1/s1. The smallest absolute Gasteiger partial charge is 0.309 e. The first-order valence-electron chi connectivity index (χ1n) is 3.53. The molecule has 0 amide bonds. The van der Waals surface area contributed by atoms with Crippen LogP contribution in [0, 0.1) is 11.8 Å². The molecule has 1 saturated carbocycles. The number of rotatable bonds is 3. The Hall–Kier alpha value is -0.570. The zero-order valence-corrected chi connectivity index (χ0v) is 6.20. The van der Waals surface area contributed by atoms with Crippen molar-refractivity contribution in [3.8, 4) is 0 Å². The second-order valence-corrected chi connectivity index (χ2v) is 2.64. The zero-order chi connectivity index (χ0) is 7.72. The van der Waals surface area contributed by atoms with Crippen LogP contribution in [0.1, 0.15) is 13.8 Å². The first kappa shape index (κ1) is 7.54. The van der Waals surface area contributed by atoms with Crippen LogP contribution in [-0.2, 0) is 9.53 Å². The molecule has 3 atom stereocenters. The van der Waals surface area contributed by atoms with Crippen LogP contribution in [0.25, 0.3) is 0 Å². The van der Waals surface area contributed by atoms with Crippen LogP contribution in [0.15, 0.2) is 0 Å². The van der Waals surface area contributed by atoms with Crippen LogP contribution < -0.4 is 0 Å². The molecule has 1 rings (SSSR count). The highest BCUT2D eigenvalue weighted by molar-refractivity contribution is 5.74. The highest BCUT2D eigenvalue weighted by atomic mass is 16.5. The predicted octanol–water partition coefficient (Wildman–Crippen LogP) is 0.742. The van der Waals surface area contributed by atoms with Gasteiger partial charge in [0, 0.05) is 6.61 Å². The van der Waals surface area contributed by atoms with Crippen molar-refractivity contribution in [1.82, 2.24) is 0 Å². The van der Waals surface area contributed by atoms with Crippen molar-refractivity contribution in [2.75, 3.05) is 6.61 Å². The van der Waals surface area contributed by atoms with E-state index in [1.54, 1.807) is 0 Å². The third-order valence-corrected chi connectivity index (χ3v) is 1.94. The van der Waals surface area contributed by atoms with Crippen molar-refractivity contribution in [2.24, 2.45) is 11.8 Å². The first-order valence-corrected chi connectivity index (χ1v) is 3.53. The Morgan fingerprint density at radius 1 is 1.70 bits per heavy atom. The number of aliphatic carboxylic acids is 1. The molecule has 0 spiro atoms. The fraction of sp³-hybridized carbons (Fsp3) is 0.857. The molecule has 0 aromatic heterocycles. The van der Waals surface area contributed by atoms with Gasteiger partial charge in [-0.3, -0.25) is 4.79 Å². The van der Waals surface area contributed by atoms with E-state index in [1.807, 2.05) is 13.8 Å². The number of hydrogen-bond acceptors (Lipinski definition) is 2. The van der Waals surface area contributed by atoms with Gasteiger partial charge in [0.25, 0.3) is 0 Å². The van der Waals surface area contributed by atoms with Crippen molar-refractivity contribution >= 4 is 5.97 Å². The Morgan fingerprint density at radius 2 is 2.30 bits per heavy atom. The van der Waals surface area contributed by atoms with Crippen LogP contribution in [0.3, 0.4) is 0 Å². The molecule has 58 valence electrons. The summed E-state index contributed by atoms with van der Waals surface area (Å²) in [5.41, 5.74) is 0. The maximum atomic E-state index is 10.4. The Labute approximate surface area is 60.0 Å². The number of carbonyl (C=O) groups is 1. The molecule has 1 fully saturated rings. The normalized spacial score (nSPS) is 37.6. The summed E-state index contributed by atoms with van der Waals surface area (Å²) in [7, 11) is 0. The molecular weight excluding hydrogens is 132 g/mol. The minimum atomic E-state index is -0.731. The van der Waals surface area contributed by atoms with Crippen LogP contribution in [-0.4, -0.2) is 23.8 Å². The van der Waals surface area contributed by atoms with Gasteiger partial charge in [-0.15, -0.1) is 0 Å². The number of carboxylic acid groups (broad SMARTS) is 1. The molecule has 3 heteroatoms. The molecular formula is C7H12O3. The summed E-state index contributed by atoms with van der Waals surface area (Å²) in [5, 5.41) is 8.54. The third kappa shape index (κ3) is 1.14. The molecule has 10 heavy (non-hydrogen) atoms. The van der Waals surface area contributed by atoms with Crippen molar-refractivity contribution in [2.45, 2.75) is 20.0 Å². The van der Waals surface area contributed by atoms with Gasteiger partial charge in [-0.05, 0) is 12.8 Å². The molecule has 3 nitrogen and oxygen atoms in total. The monoisotopic (exact) mass is 144 g/mol. The Bertz CT molecular complexity index is 144. The fourth-order valence-electron chi connectivity index (χ4n) is 1.24. The van der Waals surface area contributed by atoms with E-state index >= 15 is 0 Å². The first-order chi connectivity index (χ1) is 4.68. The highest BCUT2D eigenvalue weighted by Crippen LogP contribution is 2.41. The summed E-state index contributed by atoms with van der Waals surface area (Å²) in [5.74, 6) is -0.775. The zero-order valence-electron chi connectivity index (χ0n) is 6.20. The number of hydrogen-bond donors (Lipinski definition) is 1. The van der Waals surface area contributed by atoms with Crippen LogP contribution in [0.2, 0.25) is 0 Å². The predicted molar refractivity (Wildman–Crippen MR) is 35.7 cm³/mol. The summed E-state index contributed by atoms with van der Waals surface area (Å²) in [6, 6.07) is 0. The molecule has 0 unspecified atom stereocenters. The van der Waals surface area contributed by atoms with E-state index in [4.69, 9.17) is 9.84 Å². The summed E-state index contributed by atoms with van der Waals surface area (Å²) in [6.45, 7) is 4.39. The van der Waals surface area contributed by atoms with Crippen LogP contribution >= 0.6 is 0 Å². The van der Waals surface area contributed by atoms with E-state index in [-0.39, 0.29) is 17.9 Å². The van der Waals surface area contributed by atoms with Crippen molar-refractivity contribution in [1.29, 1.82) is 0 Å². The minimum Gasteiger partial charge on any atom is -0.481 e. The lowest BCUT2D eigenvalue weighted by Gasteiger charge is -1.94. The van der Waals surface area contributed by atoms with Gasteiger partial charge in [0.2, 0.25) is 0 Å². The molecule has 0 saturated heterocycles. The topological polar surface area (TPSA) is 46.5 Å². The van der Waals surface area contributed by atoms with Crippen molar-refractivity contribution in [3.05, 3.63) is 0 Å². The lowest BCUT2D eigenvalue weighted by molar-refractivity contribution is -0.139. The van der Waals surface area contributed by atoms with E-state index < -0.39 is 5.97 Å². The average Bonchev–Trinajstić information content (AvgIpc) is 2.43. The Morgan fingerprint density at radius 3 is 2.60 bits per heavy atom. The average molecular weight is 144 g/mol. The number of carboxylic acids is 1. The Balaban J connectivity index is 2.34. The highest BCUT2D eigenvalue weighted by Gasteiger charge is 2.52. The summed E-state index contributed by atoms with van der Waals surface area (Å²) in [4.78, 5) is 10.4.